The summed E-state index contributed by atoms with van der Waals surface area (Å²) in [6, 6.07) is 3.75. The molecule has 0 bridgehead atoms. The Bertz CT molecular complexity index is 873. The van der Waals surface area contributed by atoms with E-state index >= 15 is 0 Å². The molecule has 7 nitrogen and oxygen atoms in total. The van der Waals surface area contributed by atoms with Crippen LogP contribution in [0.2, 0.25) is 0 Å². The summed E-state index contributed by atoms with van der Waals surface area (Å²) >= 11 is 0. The van der Waals surface area contributed by atoms with Gasteiger partial charge in [0.1, 0.15) is 11.5 Å². The predicted molar refractivity (Wildman–Crippen MR) is 97.3 cm³/mol. The second-order valence-corrected chi connectivity index (χ2v) is 6.28. The van der Waals surface area contributed by atoms with Gasteiger partial charge in [0.15, 0.2) is 5.75 Å². The SMILES string of the molecule is Cc1ncccc1Oc1nccnc1C1CCCN(c2cnccn2)C1. The van der Waals surface area contributed by atoms with E-state index in [4.69, 9.17) is 4.74 Å². The average Bonchev–Trinajstić information content (AvgIpc) is 2.71. The highest BCUT2D eigenvalue weighted by molar-refractivity contribution is 5.39. The van der Waals surface area contributed by atoms with Gasteiger partial charge in [-0.25, -0.2) is 9.97 Å². The molecule has 1 aliphatic rings. The van der Waals surface area contributed by atoms with Crippen molar-refractivity contribution in [3.63, 3.8) is 0 Å². The Morgan fingerprint density at radius 1 is 1.04 bits per heavy atom. The lowest BCUT2D eigenvalue weighted by Gasteiger charge is -2.33. The Kier molecular flexibility index (Phi) is 4.68. The van der Waals surface area contributed by atoms with E-state index in [1.165, 1.54) is 0 Å². The third kappa shape index (κ3) is 3.46. The quantitative estimate of drug-likeness (QED) is 0.717. The van der Waals surface area contributed by atoms with E-state index in [9.17, 15) is 0 Å². The molecule has 1 fully saturated rings. The van der Waals surface area contributed by atoms with Gasteiger partial charge in [-0.15, -0.1) is 0 Å². The molecule has 0 aromatic carbocycles. The van der Waals surface area contributed by atoms with E-state index in [2.05, 4.69) is 29.8 Å². The van der Waals surface area contributed by atoms with Crippen LogP contribution in [0.1, 0.15) is 30.1 Å². The van der Waals surface area contributed by atoms with Gasteiger partial charge in [0.25, 0.3) is 0 Å². The summed E-state index contributed by atoms with van der Waals surface area (Å²) in [5, 5.41) is 0. The zero-order valence-corrected chi connectivity index (χ0v) is 14.6. The fourth-order valence-corrected chi connectivity index (χ4v) is 3.24. The monoisotopic (exact) mass is 348 g/mol. The normalized spacial score (nSPS) is 17.1. The van der Waals surface area contributed by atoms with Gasteiger partial charge in [-0.3, -0.25) is 15.0 Å². The van der Waals surface area contributed by atoms with Gasteiger partial charge in [0.05, 0.1) is 11.9 Å². The van der Waals surface area contributed by atoms with Gasteiger partial charge < -0.3 is 9.64 Å². The molecule has 132 valence electrons. The Morgan fingerprint density at radius 2 is 1.92 bits per heavy atom. The Labute approximate surface area is 152 Å². The predicted octanol–water partition coefficient (Wildman–Crippen LogP) is 3.15. The second-order valence-electron chi connectivity index (χ2n) is 6.28. The molecule has 0 radical (unpaired) electrons. The molecule has 0 saturated carbocycles. The van der Waals surface area contributed by atoms with Crippen LogP contribution in [0.5, 0.6) is 11.6 Å². The molecule has 3 aromatic rings. The Morgan fingerprint density at radius 3 is 2.77 bits per heavy atom. The highest BCUT2D eigenvalue weighted by Gasteiger charge is 2.27. The molecule has 4 heterocycles. The fourth-order valence-electron chi connectivity index (χ4n) is 3.24. The van der Waals surface area contributed by atoms with Crippen molar-refractivity contribution in [1.82, 2.24) is 24.9 Å². The maximum Gasteiger partial charge on any atom is 0.241 e. The molecule has 0 aliphatic carbocycles. The van der Waals surface area contributed by atoms with Crippen LogP contribution in [0, 0.1) is 6.92 Å². The van der Waals surface area contributed by atoms with Crippen LogP contribution in [0.3, 0.4) is 0 Å². The lowest BCUT2D eigenvalue weighted by atomic mass is 9.94. The zero-order chi connectivity index (χ0) is 17.8. The molecule has 1 unspecified atom stereocenters. The van der Waals surface area contributed by atoms with E-state index in [0.717, 1.165) is 43.1 Å². The van der Waals surface area contributed by atoms with Crippen molar-refractivity contribution in [3.8, 4) is 11.6 Å². The van der Waals surface area contributed by atoms with Crippen molar-refractivity contribution < 1.29 is 4.74 Å². The van der Waals surface area contributed by atoms with Crippen LogP contribution in [-0.2, 0) is 0 Å². The molecule has 0 N–H and O–H groups in total. The number of piperidine rings is 1. The van der Waals surface area contributed by atoms with Crippen molar-refractivity contribution >= 4 is 5.82 Å². The van der Waals surface area contributed by atoms with Crippen LogP contribution in [0.4, 0.5) is 5.82 Å². The van der Waals surface area contributed by atoms with Crippen molar-refractivity contribution in [2.24, 2.45) is 0 Å². The third-order valence-corrected chi connectivity index (χ3v) is 4.54. The summed E-state index contributed by atoms with van der Waals surface area (Å²) in [5.41, 5.74) is 1.71. The standard InChI is InChI=1S/C19H20N6O/c1-14-16(5-2-6-21-14)26-19-18(23-9-10-24-19)15-4-3-11-25(13-15)17-12-20-7-8-22-17/h2,5-10,12,15H,3-4,11,13H2,1H3. The average molecular weight is 348 g/mol. The maximum atomic E-state index is 6.05. The number of nitrogens with zero attached hydrogens (tertiary/aromatic N) is 6. The molecule has 1 saturated heterocycles. The number of aromatic nitrogens is 5. The highest BCUT2D eigenvalue weighted by atomic mass is 16.5. The highest BCUT2D eigenvalue weighted by Crippen LogP contribution is 2.34. The van der Waals surface area contributed by atoms with E-state index in [-0.39, 0.29) is 5.92 Å². The summed E-state index contributed by atoms with van der Waals surface area (Å²) in [5.74, 6) is 2.38. The molecule has 3 aromatic heterocycles. The van der Waals surface area contributed by atoms with Crippen molar-refractivity contribution in [2.45, 2.75) is 25.7 Å². The number of anilines is 1. The summed E-state index contributed by atoms with van der Waals surface area (Å²) in [4.78, 5) is 24.1. The largest absolute Gasteiger partial charge is 0.435 e. The molecular formula is C19H20N6O. The lowest BCUT2D eigenvalue weighted by molar-refractivity contribution is 0.422. The smallest absolute Gasteiger partial charge is 0.241 e. The van der Waals surface area contributed by atoms with Gasteiger partial charge in [-0.2, -0.15) is 0 Å². The van der Waals surface area contributed by atoms with Gasteiger partial charge in [0.2, 0.25) is 5.88 Å². The van der Waals surface area contributed by atoms with E-state index in [0.29, 0.717) is 11.6 Å². The van der Waals surface area contributed by atoms with Gasteiger partial charge in [-0.1, -0.05) is 0 Å². The van der Waals surface area contributed by atoms with Crippen LogP contribution >= 0.6 is 0 Å². The zero-order valence-electron chi connectivity index (χ0n) is 14.6. The third-order valence-electron chi connectivity index (χ3n) is 4.54. The summed E-state index contributed by atoms with van der Waals surface area (Å²) < 4.78 is 6.05. The van der Waals surface area contributed by atoms with Crippen LogP contribution in [0.15, 0.2) is 49.3 Å². The van der Waals surface area contributed by atoms with Crippen LogP contribution in [-0.4, -0.2) is 38.0 Å². The summed E-state index contributed by atoms with van der Waals surface area (Å²) in [7, 11) is 0. The van der Waals surface area contributed by atoms with Gasteiger partial charge in [-0.05, 0) is 31.9 Å². The van der Waals surface area contributed by atoms with Gasteiger partial charge >= 0.3 is 0 Å². The van der Waals surface area contributed by atoms with Crippen LogP contribution in [0.25, 0.3) is 0 Å². The molecule has 4 rings (SSSR count). The minimum absolute atomic E-state index is 0.228. The molecule has 0 amide bonds. The minimum Gasteiger partial charge on any atom is -0.435 e. The molecule has 0 spiro atoms. The Hall–Kier alpha value is -3.09. The van der Waals surface area contributed by atoms with E-state index in [1.54, 1.807) is 37.2 Å². The van der Waals surface area contributed by atoms with Gasteiger partial charge in [0, 0.05) is 50.0 Å². The number of aryl methyl sites for hydroxylation is 1. The number of hydrogen-bond acceptors (Lipinski definition) is 7. The molecule has 1 atom stereocenters. The first-order valence-electron chi connectivity index (χ1n) is 8.72. The first kappa shape index (κ1) is 16.4. The maximum absolute atomic E-state index is 6.05. The van der Waals surface area contributed by atoms with Crippen molar-refractivity contribution in [1.29, 1.82) is 0 Å². The van der Waals surface area contributed by atoms with Crippen molar-refractivity contribution in [2.75, 3.05) is 18.0 Å². The summed E-state index contributed by atoms with van der Waals surface area (Å²) in [6.07, 6.45) is 12.4. The number of rotatable bonds is 4. The first-order valence-corrected chi connectivity index (χ1v) is 8.72. The lowest BCUT2D eigenvalue weighted by Crippen LogP contribution is -2.35. The second kappa shape index (κ2) is 7.43. The van der Waals surface area contributed by atoms with Crippen LogP contribution < -0.4 is 9.64 Å². The molecular weight excluding hydrogens is 328 g/mol. The topological polar surface area (TPSA) is 76.9 Å². The molecule has 26 heavy (non-hydrogen) atoms. The Balaban J connectivity index is 1.59. The van der Waals surface area contributed by atoms with E-state index in [1.807, 2.05) is 19.1 Å². The number of ether oxygens (including phenoxy) is 1. The minimum atomic E-state index is 0.228. The van der Waals surface area contributed by atoms with E-state index < -0.39 is 0 Å². The summed E-state index contributed by atoms with van der Waals surface area (Å²) in [6.45, 7) is 3.70. The fraction of sp³-hybridized carbons (Fsp3) is 0.316. The molecule has 1 aliphatic heterocycles. The first-order chi connectivity index (χ1) is 12.8. The number of hydrogen-bond donors (Lipinski definition) is 0. The van der Waals surface area contributed by atoms with Crippen molar-refractivity contribution in [3.05, 3.63) is 60.7 Å². The molecule has 7 heteroatoms. The number of pyridine rings is 1.